The second-order valence-corrected chi connectivity index (χ2v) is 17.9. The summed E-state index contributed by atoms with van der Waals surface area (Å²) in [6, 6.07) is -0.874. The average Bonchev–Trinajstić information content (AvgIpc) is 3.29. The lowest BCUT2D eigenvalue weighted by Gasteiger charge is -2.48. The molecule has 0 saturated carbocycles. The van der Waals surface area contributed by atoms with Crippen molar-refractivity contribution in [3.63, 3.8) is 0 Å². The van der Waals surface area contributed by atoms with Crippen LogP contribution in [0.4, 0.5) is 0 Å². The smallest absolute Gasteiger partial charge is 0.220 e. The summed E-state index contributed by atoms with van der Waals surface area (Å²) in [5, 5.41) is 119. The predicted molar refractivity (Wildman–Crippen MR) is 231 cm³/mol. The number of hydrogen-bond donors (Lipinski definition) is 12. The third kappa shape index (κ3) is 18.4. The maximum Gasteiger partial charge on any atom is 0.220 e. The van der Waals surface area contributed by atoms with Crippen molar-refractivity contribution in [3.05, 3.63) is 0 Å². The third-order valence-corrected chi connectivity index (χ3v) is 12.7. The van der Waals surface area contributed by atoms with E-state index in [1.165, 1.54) is 77.0 Å². The minimum atomic E-state index is -1.96. The number of rotatable bonds is 33. The van der Waals surface area contributed by atoms with Gasteiger partial charge in [0.15, 0.2) is 18.9 Å². The van der Waals surface area contributed by atoms with Crippen LogP contribution in [-0.4, -0.2) is 193 Å². The van der Waals surface area contributed by atoms with Crippen molar-refractivity contribution in [2.24, 2.45) is 0 Å². The number of amides is 1. The van der Waals surface area contributed by atoms with E-state index in [1.807, 2.05) is 6.92 Å². The van der Waals surface area contributed by atoms with Crippen LogP contribution in [0.5, 0.6) is 0 Å². The van der Waals surface area contributed by atoms with Crippen LogP contribution < -0.4 is 5.32 Å². The van der Waals surface area contributed by atoms with Gasteiger partial charge in [-0.1, -0.05) is 129 Å². The Hall–Kier alpha value is -1.21. The first-order chi connectivity index (χ1) is 30.8. The lowest BCUT2D eigenvalue weighted by atomic mass is 9.96. The molecule has 3 saturated heterocycles. The monoisotopic (exact) mass is 928 g/mol. The highest BCUT2D eigenvalue weighted by molar-refractivity contribution is 5.76. The molecule has 0 aromatic heterocycles. The second-order valence-electron chi connectivity index (χ2n) is 17.9. The van der Waals surface area contributed by atoms with Crippen LogP contribution >= 0.6 is 0 Å². The van der Waals surface area contributed by atoms with Gasteiger partial charge in [-0.15, -0.1) is 0 Å². The first kappa shape index (κ1) is 57.1. The van der Waals surface area contributed by atoms with Crippen molar-refractivity contribution in [3.8, 4) is 0 Å². The van der Waals surface area contributed by atoms with E-state index in [0.717, 1.165) is 38.5 Å². The molecule has 64 heavy (non-hydrogen) atoms. The molecule has 19 nitrogen and oxygen atoms in total. The van der Waals surface area contributed by atoms with Gasteiger partial charge in [0, 0.05) is 6.42 Å². The third-order valence-electron chi connectivity index (χ3n) is 12.7. The molecule has 19 heteroatoms. The van der Waals surface area contributed by atoms with E-state index in [2.05, 4.69) is 12.2 Å². The number of hydrogen-bond acceptors (Lipinski definition) is 18. The Balaban J connectivity index is 1.50. The van der Waals surface area contributed by atoms with Crippen molar-refractivity contribution in [2.45, 2.75) is 253 Å². The molecular formula is C45H85NO18. The Bertz CT molecular complexity index is 1200. The molecule has 0 bridgehead atoms. The van der Waals surface area contributed by atoms with Crippen LogP contribution in [-0.2, 0) is 33.2 Å². The lowest BCUT2D eigenvalue weighted by molar-refractivity contribution is -0.379. The summed E-state index contributed by atoms with van der Waals surface area (Å²) in [4.78, 5) is 12.9. The van der Waals surface area contributed by atoms with Crippen LogP contribution in [0.1, 0.15) is 149 Å². The van der Waals surface area contributed by atoms with Crippen molar-refractivity contribution >= 4 is 5.91 Å². The fourth-order valence-electron chi connectivity index (χ4n) is 8.55. The Kier molecular flexibility index (Phi) is 28.3. The van der Waals surface area contributed by atoms with Gasteiger partial charge in [-0.25, -0.2) is 0 Å². The van der Waals surface area contributed by atoms with Crippen LogP contribution in [0.15, 0.2) is 0 Å². The summed E-state index contributed by atoms with van der Waals surface area (Å²) in [5.74, 6) is -0.268. The largest absolute Gasteiger partial charge is 0.394 e. The molecule has 0 aromatic carbocycles. The highest BCUT2D eigenvalue weighted by atomic mass is 16.8. The zero-order valence-corrected chi connectivity index (χ0v) is 38.3. The van der Waals surface area contributed by atoms with Crippen LogP contribution in [0.2, 0.25) is 0 Å². The normalized spacial score (nSPS) is 34.4. The van der Waals surface area contributed by atoms with E-state index < -0.39 is 124 Å². The van der Waals surface area contributed by atoms with Crippen molar-refractivity contribution in [1.82, 2.24) is 5.32 Å². The molecule has 3 aliphatic rings. The molecule has 12 N–H and O–H groups in total. The SMILES string of the molecule is CCCCCCCCCCCCCCCCCCC(O)C(COC1OC(CO)C(OC2OC(CO)C(OC3OC(CO)C(O)C(O)C3O)C(O)C2O)C(O)C1O)NC(=O)CCCCC. The van der Waals surface area contributed by atoms with Gasteiger partial charge in [0.05, 0.1) is 38.6 Å². The molecule has 3 fully saturated rings. The molecule has 0 spiro atoms. The van der Waals surface area contributed by atoms with Gasteiger partial charge in [-0.2, -0.15) is 0 Å². The average molecular weight is 928 g/mol. The quantitative estimate of drug-likeness (QED) is 0.0400. The number of carbonyl (C=O) groups is 1. The van der Waals surface area contributed by atoms with Crippen LogP contribution in [0.3, 0.4) is 0 Å². The van der Waals surface area contributed by atoms with Gasteiger partial charge in [-0.05, 0) is 12.8 Å². The van der Waals surface area contributed by atoms with E-state index in [1.54, 1.807) is 0 Å². The van der Waals surface area contributed by atoms with Crippen molar-refractivity contribution in [2.75, 3.05) is 26.4 Å². The van der Waals surface area contributed by atoms with Crippen LogP contribution in [0, 0.1) is 0 Å². The van der Waals surface area contributed by atoms with E-state index in [0.29, 0.717) is 12.8 Å². The molecule has 1 amide bonds. The Labute approximate surface area is 379 Å². The summed E-state index contributed by atoms with van der Waals surface area (Å²) in [7, 11) is 0. The van der Waals surface area contributed by atoms with Crippen molar-refractivity contribution < 1.29 is 89.4 Å². The Morgan fingerprint density at radius 2 is 0.891 bits per heavy atom. The zero-order valence-electron chi connectivity index (χ0n) is 38.3. The molecule has 3 rings (SSSR count). The highest BCUT2D eigenvalue weighted by Gasteiger charge is 2.53. The summed E-state index contributed by atoms with van der Waals surface area (Å²) in [6.45, 7) is 1.57. The molecule has 17 atom stereocenters. The summed E-state index contributed by atoms with van der Waals surface area (Å²) in [6.07, 6.45) is -3.85. The molecular weight excluding hydrogens is 842 g/mol. The van der Waals surface area contributed by atoms with Gasteiger partial charge >= 0.3 is 0 Å². The van der Waals surface area contributed by atoms with Gasteiger partial charge in [0.2, 0.25) is 5.91 Å². The van der Waals surface area contributed by atoms with E-state index in [-0.39, 0.29) is 18.9 Å². The van der Waals surface area contributed by atoms with E-state index in [4.69, 9.17) is 28.4 Å². The fraction of sp³-hybridized carbons (Fsp3) is 0.978. The van der Waals surface area contributed by atoms with Gasteiger partial charge < -0.3 is 89.9 Å². The second kappa shape index (κ2) is 31.8. The van der Waals surface area contributed by atoms with Gasteiger partial charge in [0.1, 0.15) is 73.2 Å². The molecule has 378 valence electrons. The Morgan fingerprint density at radius 3 is 1.36 bits per heavy atom. The molecule has 17 unspecified atom stereocenters. The van der Waals surface area contributed by atoms with Crippen LogP contribution in [0.25, 0.3) is 0 Å². The topological polar surface area (TPSA) is 307 Å². The minimum absolute atomic E-state index is 0.254. The number of ether oxygens (including phenoxy) is 6. The molecule has 0 aromatic rings. The molecule has 0 aliphatic carbocycles. The molecule has 0 radical (unpaired) electrons. The first-order valence-electron chi connectivity index (χ1n) is 24.3. The number of unbranched alkanes of at least 4 members (excludes halogenated alkanes) is 17. The number of aliphatic hydroxyl groups excluding tert-OH is 11. The summed E-state index contributed by atoms with van der Waals surface area (Å²) in [5.41, 5.74) is 0. The molecule has 3 heterocycles. The van der Waals surface area contributed by atoms with E-state index >= 15 is 0 Å². The van der Waals surface area contributed by atoms with Gasteiger partial charge in [-0.3, -0.25) is 4.79 Å². The molecule has 3 aliphatic heterocycles. The van der Waals surface area contributed by atoms with E-state index in [9.17, 15) is 61.0 Å². The summed E-state index contributed by atoms with van der Waals surface area (Å²) >= 11 is 0. The standard InChI is InChI=1S/C45H85NO18/c1-3-5-7-8-9-10-11-12-13-14-15-16-17-18-19-21-22-29(50)28(46-33(51)23-20-6-4-2)27-59-43-39(57)36(54)41(31(25-48)61-43)64-45-40(58)37(55)42(32(26-49)62-45)63-44-38(56)35(53)34(52)30(24-47)60-44/h28-32,34-45,47-50,52-58H,3-27H2,1-2H3,(H,46,51). The number of carbonyl (C=O) groups excluding carboxylic acids is 1. The predicted octanol–water partition coefficient (Wildman–Crippen LogP) is 0.529. The zero-order chi connectivity index (χ0) is 47.0. The highest BCUT2D eigenvalue weighted by Crippen LogP contribution is 2.33. The fourth-order valence-corrected chi connectivity index (χ4v) is 8.55. The minimum Gasteiger partial charge on any atom is -0.394 e. The maximum atomic E-state index is 12.9. The maximum absolute atomic E-state index is 12.9. The Morgan fingerprint density at radius 1 is 0.500 bits per heavy atom. The first-order valence-corrected chi connectivity index (χ1v) is 24.3. The lowest BCUT2D eigenvalue weighted by Crippen LogP contribution is -2.66. The van der Waals surface area contributed by atoms with Gasteiger partial charge in [0.25, 0.3) is 0 Å². The summed E-state index contributed by atoms with van der Waals surface area (Å²) < 4.78 is 33.9. The number of aliphatic hydroxyl groups is 11. The van der Waals surface area contributed by atoms with Crippen molar-refractivity contribution in [1.29, 1.82) is 0 Å². The number of nitrogens with one attached hydrogen (secondary N) is 1.